The molecule has 1 rings (SSSR count). The molecule has 0 aliphatic carbocycles. The molecule has 1 N–H and O–H groups in total. The van der Waals surface area contributed by atoms with Crippen LogP contribution in [0.3, 0.4) is 0 Å². The molecule has 0 radical (unpaired) electrons. The van der Waals surface area contributed by atoms with Crippen molar-refractivity contribution in [3.05, 3.63) is 38.4 Å². The van der Waals surface area contributed by atoms with Gasteiger partial charge in [0, 0.05) is 0 Å². The lowest BCUT2D eigenvalue weighted by molar-refractivity contribution is -0.445. The third-order valence-electron chi connectivity index (χ3n) is 1.99. The number of nitriles is 4. The molecule has 18 heavy (non-hydrogen) atoms. The van der Waals surface area contributed by atoms with Gasteiger partial charge in [0.05, 0.1) is 16.7 Å². The lowest BCUT2D eigenvalue weighted by Crippen LogP contribution is -2.11. The lowest BCUT2D eigenvalue weighted by Gasteiger charge is -2.05. The van der Waals surface area contributed by atoms with Crippen LogP contribution in [0.2, 0.25) is 0 Å². The smallest absolute Gasteiger partial charge is 0.162 e. The molecule has 0 saturated heterocycles. The highest BCUT2D eigenvalue weighted by atomic mass is 16.7. The van der Waals surface area contributed by atoms with E-state index < -0.39 is 5.03 Å². The summed E-state index contributed by atoms with van der Waals surface area (Å²) in [5, 5.41) is 44.8. The Kier molecular flexibility index (Phi) is 3.41. The Hall–Kier alpha value is -3.62. The lowest BCUT2D eigenvalue weighted by atomic mass is 9.97. The fourth-order valence-corrected chi connectivity index (χ4v) is 1.30. The summed E-state index contributed by atoms with van der Waals surface area (Å²) >= 11 is 0. The molecule has 0 fully saturated rings. The summed E-state index contributed by atoms with van der Waals surface area (Å²) in [5.74, 6) is 0. The number of rotatable bonds is 2. The van der Waals surface area contributed by atoms with Crippen molar-refractivity contribution in [1.82, 2.24) is 0 Å². The highest BCUT2D eigenvalue weighted by molar-refractivity contribution is 5.72. The SMILES string of the molecule is N#Cc1cc(N[N+](=O)[O-])c(C#N)c(C#N)c1C#N. The van der Waals surface area contributed by atoms with Crippen LogP contribution < -0.4 is 5.43 Å². The summed E-state index contributed by atoms with van der Waals surface area (Å²) in [7, 11) is 0. The van der Waals surface area contributed by atoms with Gasteiger partial charge < -0.3 is 0 Å². The van der Waals surface area contributed by atoms with Gasteiger partial charge in [0.15, 0.2) is 5.03 Å². The van der Waals surface area contributed by atoms with Gasteiger partial charge in [0.25, 0.3) is 0 Å². The highest BCUT2D eigenvalue weighted by Gasteiger charge is 2.20. The van der Waals surface area contributed by atoms with Crippen molar-refractivity contribution in [2.45, 2.75) is 0 Å². The Balaban J connectivity index is 3.75. The van der Waals surface area contributed by atoms with E-state index in [2.05, 4.69) is 0 Å². The zero-order chi connectivity index (χ0) is 13.7. The van der Waals surface area contributed by atoms with E-state index in [-0.39, 0.29) is 27.9 Å². The quantitative estimate of drug-likeness (QED) is 0.590. The van der Waals surface area contributed by atoms with Crippen LogP contribution >= 0.6 is 0 Å². The minimum absolute atomic E-state index is 0.211. The zero-order valence-electron chi connectivity index (χ0n) is 8.63. The summed E-state index contributed by atoms with van der Waals surface area (Å²) in [6.07, 6.45) is 0. The van der Waals surface area contributed by atoms with Crippen LogP contribution in [0.25, 0.3) is 0 Å². The minimum atomic E-state index is -0.926. The van der Waals surface area contributed by atoms with Gasteiger partial charge >= 0.3 is 0 Å². The van der Waals surface area contributed by atoms with E-state index in [0.29, 0.717) is 0 Å². The fourth-order valence-electron chi connectivity index (χ4n) is 1.30. The second-order valence-corrected chi connectivity index (χ2v) is 2.91. The van der Waals surface area contributed by atoms with Crippen LogP contribution in [0, 0.1) is 55.4 Å². The first-order chi connectivity index (χ1) is 8.58. The van der Waals surface area contributed by atoms with Crippen molar-refractivity contribution in [3.63, 3.8) is 0 Å². The van der Waals surface area contributed by atoms with Gasteiger partial charge in [0.2, 0.25) is 0 Å². The number of nitrogens with zero attached hydrogens (tertiary/aromatic N) is 5. The molecule has 0 atom stereocenters. The Labute approximate surface area is 101 Å². The molecular formula is C10H2N6O2. The summed E-state index contributed by atoms with van der Waals surface area (Å²) in [6, 6.07) is 7.45. The first-order valence-electron chi connectivity index (χ1n) is 4.31. The van der Waals surface area contributed by atoms with Crippen LogP contribution in [0.4, 0.5) is 5.69 Å². The Bertz CT molecular complexity index is 696. The van der Waals surface area contributed by atoms with E-state index in [9.17, 15) is 10.1 Å². The zero-order valence-corrected chi connectivity index (χ0v) is 8.63. The average molecular weight is 238 g/mol. The van der Waals surface area contributed by atoms with E-state index >= 15 is 0 Å². The highest BCUT2D eigenvalue weighted by Crippen LogP contribution is 2.25. The van der Waals surface area contributed by atoms with Gasteiger partial charge in [-0.25, -0.2) is 10.1 Å². The van der Waals surface area contributed by atoms with E-state index in [4.69, 9.17) is 21.0 Å². The molecule has 0 heterocycles. The summed E-state index contributed by atoms with van der Waals surface area (Å²) in [4.78, 5) is 10.3. The van der Waals surface area contributed by atoms with Gasteiger partial charge in [0.1, 0.15) is 35.5 Å². The molecule has 0 aliphatic heterocycles. The predicted octanol–water partition coefficient (Wildman–Crippen LogP) is 0.777. The molecule has 8 nitrogen and oxygen atoms in total. The Morgan fingerprint density at radius 2 is 1.56 bits per heavy atom. The molecule has 84 valence electrons. The van der Waals surface area contributed by atoms with Crippen molar-refractivity contribution in [1.29, 1.82) is 21.0 Å². The van der Waals surface area contributed by atoms with E-state index in [1.54, 1.807) is 29.7 Å². The van der Waals surface area contributed by atoms with Crippen LogP contribution in [0.1, 0.15) is 22.3 Å². The fraction of sp³-hybridized carbons (Fsp3) is 0. The van der Waals surface area contributed by atoms with E-state index in [1.807, 2.05) is 0 Å². The van der Waals surface area contributed by atoms with Gasteiger partial charge in [-0.2, -0.15) is 21.0 Å². The maximum absolute atomic E-state index is 10.3. The third-order valence-corrected chi connectivity index (χ3v) is 1.99. The monoisotopic (exact) mass is 238 g/mol. The van der Waals surface area contributed by atoms with Gasteiger partial charge in [-0.3, -0.25) is 0 Å². The number of hydrogen-bond acceptors (Lipinski definition) is 6. The van der Waals surface area contributed by atoms with Crippen LogP contribution in [-0.4, -0.2) is 5.03 Å². The van der Waals surface area contributed by atoms with Crippen molar-refractivity contribution in [2.24, 2.45) is 0 Å². The maximum Gasteiger partial charge on any atom is 0.162 e. The molecule has 1 aromatic rings. The molecule has 8 heteroatoms. The summed E-state index contributed by atoms with van der Waals surface area (Å²) in [6.45, 7) is 0. The summed E-state index contributed by atoms with van der Waals surface area (Å²) < 4.78 is 0. The third kappa shape index (κ3) is 1.99. The first-order valence-corrected chi connectivity index (χ1v) is 4.31. The number of hydrogen-bond donors (Lipinski definition) is 1. The second kappa shape index (κ2) is 4.94. The molecular weight excluding hydrogens is 236 g/mol. The maximum atomic E-state index is 10.3. The molecule has 1 aromatic carbocycles. The molecule has 0 unspecified atom stereocenters. The van der Waals surface area contributed by atoms with Crippen molar-refractivity contribution >= 4 is 5.69 Å². The number of nitro groups is 1. The topological polar surface area (TPSA) is 150 Å². The standard InChI is InChI=1S/C10H2N6O2/c11-2-6-1-10(15-16(17)18)9(5-14)8(4-13)7(6)3-12/h1,15H. The Morgan fingerprint density at radius 3 is 1.94 bits per heavy atom. The van der Waals surface area contributed by atoms with E-state index in [0.717, 1.165) is 6.07 Å². The molecule has 0 bridgehead atoms. The second-order valence-electron chi connectivity index (χ2n) is 2.91. The predicted molar refractivity (Wildman–Crippen MR) is 55.9 cm³/mol. The molecule has 0 aromatic heterocycles. The molecule has 0 amide bonds. The van der Waals surface area contributed by atoms with Gasteiger partial charge in [-0.15, -0.1) is 5.43 Å². The average Bonchev–Trinajstić information content (AvgIpc) is 2.36. The van der Waals surface area contributed by atoms with Crippen LogP contribution in [0.5, 0.6) is 0 Å². The minimum Gasteiger partial charge on any atom is -0.235 e. The van der Waals surface area contributed by atoms with Crippen LogP contribution in [-0.2, 0) is 0 Å². The molecule has 0 aliphatic rings. The number of anilines is 1. The van der Waals surface area contributed by atoms with Crippen molar-refractivity contribution in [3.8, 4) is 24.3 Å². The van der Waals surface area contributed by atoms with Crippen LogP contribution in [0.15, 0.2) is 6.07 Å². The van der Waals surface area contributed by atoms with Gasteiger partial charge in [-0.05, 0) is 6.07 Å². The van der Waals surface area contributed by atoms with Crippen molar-refractivity contribution < 1.29 is 5.03 Å². The number of hydrazine groups is 1. The number of nitrogens with one attached hydrogen (secondary N) is 1. The molecule has 0 saturated carbocycles. The van der Waals surface area contributed by atoms with Crippen molar-refractivity contribution in [2.75, 3.05) is 5.43 Å². The first kappa shape index (κ1) is 12.4. The van der Waals surface area contributed by atoms with E-state index in [1.165, 1.54) is 0 Å². The van der Waals surface area contributed by atoms with Gasteiger partial charge in [-0.1, -0.05) is 0 Å². The largest absolute Gasteiger partial charge is 0.235 e. The molecule has 0 spiro atoms. The number of benzene rings is 1. The normalized spacial score (nSPS) is 8.22. The Morgan fingerprint density at radius 1 is 1.00 bits per heavy atom. The summed E-state index contributed by atoms with van der Waals surface area (Å²) in [5.41, 5.74) is 0.232.